The highest BCUT2D eigenvalue weighted by atomic mass is 32.2. The maximum absolute atomic E-state index is 12.8. The largest absolute Gasteiger partial charge is 0.494 e. The molecule has 13 nitrogen and oxygen atoms in total. The molecule has 6 rings (SSSR count). The number of rotatable bonds is 13. The third kappa shape index (κ3) is 8.69. The zero-order valence-electron chi connectivity index (χ0n) is 29.1. The lowest BCUT2D eigenvalue weighted by atomic mass is 10.1. The van der Waals surface area contributed by atoms with Crippen LogP contribution in [0, 0.1) is 6.92 Å². The number of piperazine rings is 1. The summed E-state index contributed by atoms with van der Waals surface area (Å²) in [5.41, 5.74) is 5.26. The molecule has 3 aromatic heterocycles. The summed E-state index contributed by atoms with van der Waals surface area (Å²) in [7, 11) is -5.27. The summed E-state index contributed by atoms with van der Waals surface area (Å²) >= 11 is 1.53. The second-order valence-corrected chi connectivity index (χ2v) is 17.6. The molecule has 2 N–H and O–H groups in total. The molecular formula is C35H41N7O6S3. The van der Waals surface area contributed by atoms with Crippen molar-refractivity contribution in [3.05, 3.63) is 77.6 Å². The van der Waals surface area contributed by atoms with Gasteiger partial charge in [0.05, 0.1) is 46.1 Å². The van der Waals surface area contributed by atoms with Crippen molar-refractivity contribution in [1.82, 2.24) is 19.9 Å². The summed E-state index contributed by atoms with van der Waals surface area (Å²) in [6, 6.07) is 15.9. The van der Waals surface area contributed by atoms with Crippen molar-refractivity contribution in [3.63, 3.8) is 0 Å². The zero-order chi connectivity index (χ0) is 36.3. The van der Waals surface area contributed by atoms with E-state index in [9.17, 15) is 16.8 Å². The number of anilines is 4. The monoisotopic (exact) mass is 751 g/mol. The number of nitrogens with zero attached hydrogens (tertiary/aromatic N) is 5. The average molecular weight is 752 g/mol. The van der Waals surface area contributed by atoms with Crippen LogP contribution >= 0.6 is 11.3 Å². The summed E-state index contributed by atoms with van der Waals surface area (Å²) in [5, 5.41) is 4.09. The Bertz CT molecular complexity index is 2210. The van der Waals surface area contributed by atoms with Crippen LogP contribution in [0.4, 0.5) is 23.0 Å². The number of aromatic nitrogens is 3. The number of sulfonamides is 1. The summed E-state index contributed by atoms with van der Waals surface area (Å²) < 4.78 is 62.4. The number of aryl methyl sites for hydroxylation is 1. The SMILES string of the molecule is COc1cc(N2CCN(CCS(C)(=O)=O)CC2)c(C)cc1Nc1nccc(-c2sc(C(C)C)nc2-c2cccc(NS(=O)(=O)c3ccco3)c2)n1. The second-order valence-electron chi connectivity index (χ2n) is 12.7. The molecule has 0 radical (unpaired) electrons. The van der Waals surface area contributed by atoms with E-state index >= 15 is 0 Å². The highest BCUT2D eigenvalue weighted by Crippen LogP contribution is 2.40. The Morgan fingerprint density at radius 1 is 1.00 bits per heavy atom. The maximum atomic E-state index is 12.8. The van der Waals surface area contributed by atoms with Crippen molar-refractivity contribution in [2.75, 3.05) is 66.8 Å². The molecule has 0 aliphatic carbocycles. The number of benzene rings is 2. The van der Waals surface area contributed by atoms with Crippen molar-refractivity contribution < 1.29 is 26.0 Å². The summed E-state index contributed by atoms with van der Waals surface area (Å²) in [5.74, 6) is 1.34. The van der Waals surface area contributed by atoms with E-state index in [4.69, 9.17) is 19.1 Å². The zero-order valence-corrected chi connectivity index (χ0v) is 31.5. The Kier molecular flexibility index (Phi) is 10.7. The summed E-state index contributed by atoms with van der Waals surface area (Å²) in [4.78, 5) is 19.7. The van der Waals surface area contributed by atoms with Crippen molar-refractivity contribution in [1.29, 1.82) is 0 Å². The van der Waals surface area contributed by atoms with Crippen molar-refractivity contribution in [2.24, 2.45) is 0 Å². The molecule has 1 aliphatic rings. The van der Waals surface area contributed by atoms with E-state index in [1.165, 1.54) is 36.0 Å². The van der Waals surface area contributed by atoms with Gasteiger partial charge in [0.25, 0.3) is 10.0 Å². The third-order valence-electron chi connectivity index (χ3n) is 8.43. The minimum absolute atomic E-state index is 0.156. The van der Waals surface area contributed by atoms with Crippen molar-refractivity contribution in [2.45, 2.75) is 31.8 Å². The van der Waals surface area contributed by atoms with Crippen LogP contribution < -0.4 is 19.7 Å². The Morgan fingerprint density at radius 3 is 2.47 bits per heavy atom. The number of thiazole rings is 1. The van der Waals surface area contributed by atoms with E-state index in [2.05, 4.69) is 38.7 Å². The van der Waals surface area contributed by atoms with Crippen LogP contribution in [0.15, 0.2) is 76.6 Å². The molecule has 0 amide bonds. The molecule has 1 saturated heterocycles. The smallest absolute Gasteiger partial charge is 0.295 e. The molecule has 4 heterocycles. The second kappa shape index (κ2) is 15.0. The first-order valence-corrected chi connectivity index (χ1v) is 20.8. The van der Waals surface area contributed by atoms with E-state index in [0.29, 0.717) is 41.0 Å². The van der Waals surface area contributed by atoms with Crippen LogP contribution in [0.5, 0.6) is 5.75 Å². The molecule has 0 unspecified atom stereocenters. The van der Waals surface area contributed by atoms with Crippen molar-refractivity contribution >= 4 is 54.2 Å². The third-order valence-corrected chi connectivity index (χ3v) is 12.0. The van der Waals surface area contributed by atoms with Crippen molar-refractivity contribution in [3.8, 4) is 27.6 Å². The Balaban J connectivity index is 1.24. The van der Waals surface area contributed by atoms with Gasteiger partial charge in [0.15, 0.2) is 0 Å². The molecule has 0 atom stereocenters. The van der Waals surface area contributed by atoms with Crippen LogP contribution in [0.2, 0.25) is 0 Å². The van der Waals surface area contributed by atoms with Gasteiger partial charge in [-0.25, -0.2) is 23.4 Å². The molecule has 270 valence electrons. The topological polar surface area (TPSA) is 160 Å². The molecule has 0 saturated carbocycles. The Labute approximate surface area is 302 Å². The highest BCUT2D eigenvalue weighted by molar-refractivity contribution is 7.92. The van der Waals surface area contributed by atoms with Gasteiger partial charge in [0, 0.05) is 74.1 Å². The van der Waals surface area contributed by atoms with E-state index in [0.717, 1.165) is 52.9 Å². The fraction of sp³-hybridized carbons (Fsp3) is 0.343. The predicted molar refractivity (Wildman–Crippen MR) is 202 cm³/mol. The van der Waals surface area contributed by atoms with E-state index in [1.807, 2.05) is 31.2 Å². The lowest BCUT2D eigenvalue weighted by Crippen LogP contribution is -2.47. The molecular weight excluding hydrogens is 711 g/mol. The molecule has 0 bridgehead atoms. The van der Waals surface area contributed by atoms with Gasteiger partial charge in [-0.2, -0.15) is 8.42 Å². The molecule has 0 spiro atoms. The highest BCUT2D eigenvalue weighted by Gasteiger charge is 2.23. The number of nitrogens with one attached hydrogen (secondary N) is 2. The van der Waals surface area contributed by atoms with Crippen LogP contribution in [-0.2, 0) is 19.9 Å². The first-order valence-electron chi connectivity index (χ1n) is 16.4. The summed E-state index contributed by atoms with van der Waals surface area (Å²) in [6.07, 6.45) is 4.28. The van der Waals surface area contributed by atoms with Gasteiger partial charge in [-0.3, -0.25) is 9.62 Å². The van der Waals surface area contributed by atoms with Crippen LogP contribution in [0.1, 0.15) is 30.3 Å². The molecule has 51 heavy (non-hydrogen) atoms. The fourth-order valence-electron chi connectivity index (χ4n) is 5.76. The minimum Gasteiger partial charge on any atom is -0.494 e. The number of hydrogen-bond donors (Lipinski definition) is 2. The fourth-order valence-corrected chi connectivity index (χ4v) is 8.39. The molecule has 1 fully saturated rings. The molecule has 1 aliphatic heterocycles. The van der Waals surface area contributed by atoms with Crippen LogP contribution in [0.3, 0.4) is 0 Å². The van der Waals surface area contributed by atoms with Gasteiger partial charge in [-0.15, -0.1) is 11.3 Å². The van der Waals surface area contributed by atoms with E-state index in [1.54, 1.807) is 31.5 Å². The normalized spacial score (nSPS) is 14.2. The first kappa shape index (κ1) is 36.3. The lowest BCUT2D eigenvalue weighted by molar-refractivity contribution is 0.272. The number of furan rings is 1. The standard InChI is InChI=1S/C35H41N7O6S3/c1-23(2)34-39-32(25-8-6-9-26(21-25)40-51(45,46)31-10-7-18-48-31)33(49-34)27-11-12-36-35(37-27)38-28-20-24(3)29(22-30(28)47-4)42-15-13-41(14-16-42)17-19-50(5,43)44/h6-12,18,20-23,40H,13-17,19H2,1-5H3,(H,36,37,38). The van der Waals surface area contributed by atoms with Crippen LogP contribution in [0.25, 0.3) is 21.8 Å². The van der Waals surface area contributed by atoms with Gasteiger partial charge in [-0.1, -0.05) is 26.0 Å². The van der Waals surface area contributed by atoms with Gasteiger partial charge < -0.3 is 19.4 Å². The van der Waals surface area contributed by atoms with Gasteiger partial charge in [0.2, 0.25) is 11.0 Å². The minimum atomic E-state index is -3.90. The van der Waals surface area contributed by atoms with Gasteiger partial charge >= 0.3 is 0 Å². The lowest BCUT2D eigenvalue weighted by Gasteiger charge is -2.37. The average Bonchev–Trinajstić information content (AvgIpc) is 3.80. The predicted octanol–water partition coefficient (Wildman–Crippen LogP) is 6.01. The number of sulfone groups is 1. The first-order chi connectivity index (χ1) is 24.3. The van der Waals surface area contributed by atoms with E-state index < -0.39 is 19.9 Å². The van der Waals surface area contributed by atoms with Crippen LogP contribution in [-0.4, -0.2) is 88.5 Å². The Hall–Kier alpha value is -4.51. The molecule has 2 aromatic carbocycles. The summed E-state index contributed by atoms with van der Waals surface area (Å²) in [6.45, 7) is 9.85. The molecule has 16 heteroatoms. The quantitative estimate of drug-likeness (QED) is 0.144. The van der Waals surface area contributed by atoms with Gasteiger partial charge in [0.1, 0.15) is 15.6 Å². The number of ether oxygens (including phenoxy) is 1. The molecule has 5 aromatic rings. The maximum Gasteiger partial charge on any atom is 0.295 e. The Morgan fingerprint density at radius 2 is 1.78 bits per heavy atom. The number of hydrogen-bond acceptors (Lipinski definition) is 13. The number of methoxy groups -OCH3 is 1. The van der Waals surface area contributed by atoms with E-state index in [-0.39, 0.29) is 16.8 Å². The van der Waals surface area contributed by atoms with Gasteiger partial charge in [-0.05, 0) is 48.9 Å².